The Bertz CT molecular complexity index is 639. The van der Waals surface area contributed by atoms with Crippen molar-refractivity contribution in [1.29, 1.82) is 0 Å². The maximum absolute atomic E-state index is 13.1. The Kier molecular flexibility index (Phi) is 5.06. The zero-order chi connectivity index (χ0) is 16.1. The summed E-state index contributed by atoms with van der Waals surface area (Å²) in [5, 5.41) is 0. The van der Waals surface area contributed by atoms with E-state index >= 15 is 0 Å². The van der Waals surface area contributed by atoms with Gasteiger partial charge in [0.1, 0.15) is 29.2 Å². The summed E-state index contributed by atoms with van der Waals surface area (Å²) < 4.78 is 36.1. The third kappa shape index (κ3) is 4.26. The van der Waals surface area contributed by atoms with Gasteiger partial charge in [0, 0.05) is 18.2 Å². The van der Waals surface area contributed by atoms with Gasteiger partial charge in [-0.3, -0.25) is 4.79 Å². The summed E-state index contributed by atoms with van der Waals surface area (Å²) in [4.78, 5) is 11.2. The highest BCUT2D eigenvalue weighted by molar-refractivity contribution is 5.75. The van der Waals surface area contributed by atoms with Crippen molar-refractivity contribution in [2.45, 2.75) is 12.5 Å². The number of carbonyl (C=O) groups is 1. The first kappa shape index (κ1) is 15.9. The third-order valence-corrected chi connectivity index (χ3v) is 2.95. The predicted octanol–water partition coefficient (Wildman–Crippen LogP) is 2.80. The van der Waals surface area contributed by atoms with Crippen LogP contribution < -0.4 is 10.5 Å². The zero-order valence-corrected chi connectivity index (χ0v) is 11.9. The van der Waals surface area contributed by atoms with Crippen molar-refractivity contribution in [2.75, 3.05) is 7.11 Å². The lowest BCUT2D eigenvalue weighted by atomic mass is 10.1. The van der Waals surface area contributed by atoms with Gasteiger partial charge in [-0.05, 0) is 24.1 Å². The number of ether oxygens (including phenoxy) is 2. The molecule has 1 unspecified atom stereocenters. The minimum absolute atomic E-state index is 0.0662. The van der Waals surface area contributed by atoms with E-state index in [2.05, 4.69) is 4.74 Å². The number of hydrogen-bond acceptors (Lipinski definition) is 4. The fraction of sp³-hybridized carbons (Fsp3) is 0.188. The predicted molar refractivity (Wildman–Crippen MR) is 76.6 cm³/mol. The van der Waals surface area contributed by atoms with Gasteiger partial charge >= 0.3 is 5.97 Å². The van der Waals surface area contributed by atoms with Gasteiger partial charge in [-0.25, -0.2) is 8.78 Å². The number of nitrogens with two attached hydrogens (primary N) is 1. The molecule has 0 saturated carbocycles. The average Bonchev–Trinajstić information content (AvgIpc) is 2.47. The fourth-order valence-corrected chi connectivity index (χ4v) is 1.91. The summed E-state index contributed by atoms with van der Waals surface area (Å²) >= 11 is 0. The van der Waals surface area contributed by atoms with Crippen LogP contribution in [0.15, 0.2) is 42.5 Å². The molecule has 2 aromatic rings. The van der Waals surface area contributed by atoms with Crippen LogP contribution in [0.4, 0.5) is 8.78 Å². The molecule has 0 heterocycles. The van der Waals surface area contributed by atoms with E-state index in [1.54, 1.807) is 24.3 Å². The maximum Gasteiger partial charge on any atom is 0.322 e. The SMILES string of the molecule is COC(=O)C(N)Cc1ccc(Oc2cc(F)cc(F)c2)cc1. The minimum Gasteiger partial charge on any atom is -0.468 e. The van der Waals surface area contributed by atoms with E-state index in [9.17, 15) is 13.6 Å². The molecule has 0 amide bonds. The van der Waals surface area contributed by atoms with Crippen LogP contribution in [-0.2, 0) is 16.0 Å². The van der Waals surface area contributed by atoms with Gasteiger partial charge in [0.25, 0.3) is 0 Å². The quantitative estimate of drug-likeness (QED) is 0.863. The Balaban J connectivity index is 2.04. The van der Waals surface area contributed by atoms with Crippen molar-refractivity contribution < 1.29 is 23.0 Å². The van der Waals surface area contributed by atoms with Crippen LogP contribution in [0, 0.1) is 11.6 Å². The smallest absolute Gasteiger partial charge is 0.322 e. The van der Waals surface area contributed by atoms with Crippen LogP contribution in [0.25, 0.3) is 0 Å². The van der Waals surface area contributed by atoms with E-state index in [4.69, 9.17) is 10.5 Å². The molecule has 1 atom stereocenters. The highest BCUT2D eigenvalue weighted by Crippen LogP contribution is 2.23. The Labute approximate surface area is 126 Å². The van der Waals surface area contributed by atoms with E-state index in [1.165, 1.54) is 7.11 Å². The summed E-state index contributed by atoms with van der Waals surface area (Å²) in [6, 6.07) is 8.89. The first-order chi connectivity index (χ1) is 10.5. The number of carbonyl (C=O) groups excluding carboxylic acids is 1. The number of methoxy groups -OCH3 is 1. The van der Waals surface area contributed by atoms with Gasteiger partial charge in [0.05, 0.1) is 7.11 Å². The third-order valence-electron chi connectivity index (χ3n) is 2.95. The Morgan fingerprint density at radius 2 is 1.68 bits per heavy atom. The van der Waals surface area contributed by atoms with Crippen molar-refractivity contribution in [3.63, 3.8) is 0 Å². The largest absolute Gasteiger partial charge is 0.468 e. The molecule has 0 aliphatic carbocycles. The maximum atomic E-state index is 13.1. The van der Waals surface area contributed by atoms with Crippen molar-refractivity contribution in [2.24, 2.45) is 5.73 Å². The average molecular weight is 307 g/mol. The zero-order valence-electron chi connectivity index (χ0n) is 11.9. The molecule has 0 aromatic heterocycles. The fourth-order valence-electron chi connectivity index (χ4n) is 1.91. The van der Waals surface area contributed by atoms with E-state index in [1.807, 2.05) is 0 Å². The molecule has 0 saturated heterocycles. The van der Waals surface area contributed by atoms with Gasteiger partial charge in [-0.1, -0.05) is 12.1 Å². The van der Waals surface area contributed by atoms with Crippen LogP contribution in [0.5, 0.6) is 11.5 Å². The first-order valence-electron chi connectivity index (χ1n) is 6.54. The van der Waals surface area contributed by atoms with Crippen LogP contribution in [0.1, 0.15) is 5.56 Å². The van der Waals surface area contributed by atoms with Crippen molar-refractivity contribution in [1.82, 2.24) is 0 Å². The van der Waals surface area contributed by atoms with E-state index < -0.39 is 23.6 Å². The molecular formula is C16H15F2NO3. The topological polar surface area (TPSA) is 61.5 Å². The molecule has 0 spiro atoms. The second-order valence-electron chi connectivity index (χ2n) is 4.68. The van der Waals surface area contributed by atoms with E-state index in [0.717, 1.165) is 23.8 Å². The molecule has 2 N–H and O–H groups in total. The molecule has 116 valence electrons. The summed E-state index contributed by atoms with van der Waals surface area (Å²) in [6.07, 6.45) is 0.321. The lowest BCUT2D eigenvalue weighted by molar-refractivity contribution is -0.142. The molecule has 0 aliphatic rings. The van der Waals surface area contributed by atoms with Crippen LogP contribution in [-0.4, -0.2) is 19.1 Å². The van der Waals surface area contributed by atoms with Crippen molar-refractivity contribution in [3.8, 4) is 11.5 Å². The molecule has 2 rings (SSSR count). The van der Waals surface area contributed by atoms with Crippen LogP contribution in [0.2, 0.25) is 0 Å². The van der Waals surface area contributed by atoms with Gasteiger partial charge in [-0.2, -0.15) is 0 Å². The summed E-state index contributed by atoms with van der Waals surface area (Å²) in [7, 11) is 1.28. The van der Waals surface area contributed by atoms with E-state index in [-0.39, 0.29) is 5.75 Å². The molecule has 2 aromatic carbocycles. The van der Waals surface area contributed by atoms with E-state index in [0.29, 0.717) is 12.2 Å². The summed E-state index contributed by atoms with van der Waals surface area (Å²) in [5.41, 5.74) is 6.48. The monoisotopic (exact) mass is 307 g/mol. The number of esters is 1. The van der Waals surface area contributed by atoms with Gasteiger partial charge in [-0.15, -0.1) is 0 Å². The first-order valence-corrected chi connectivity index (χ1v) is 6.54. The lowest BCUT2D eigenvalue weighted by Gasteiger charge is -2.10. The summed E-state index contributed by atoms with van der Waals surface area (Å²) in [6.45, 7) is 0. The molecule has 22 heavy (non-hydrogen) atoms. The van der Waals surface area contributed by atoms with Gasteiger partial charge in [0.2, 0.25) is 0 Å². The Hall–Kier alpha value is -2.47. The minimum atomic E-state index is -0.742. The number of hydrogen-bond donors (Lipinski definition) is 1. The Morgan fingerprint density at radius 1 is 1.09 bits per heavy atom. The Morgan fingerprint density at radius 3 is 2.23 bits per heavy atom. The summed E-state index contributed by atoms with van der Waals surface area (Å²) in [5.74, 6) is -1.43. The second-order valence-corrected chi connectivity index (χ2v) is 4.68. The standard InChI is InChI=1S/C16H15F2NO3/c1-21-16(20)15(19)6-10-2-4-13(5-3-10)22-14-8-11(17)7-12(18)9-14/h2-5,7-9,15H,6,19H2,1H3. The molecule has 0 fully saturated rings. The normalized spacial score (nSPS) is 11.8. The second kappa shape index (κ2) is 7.00. The van der Waals surface area contributed by atoms with Crippen LogP contribution >= 0.6 is 0 Å². The van der Waals surface area contributed by atoms with Crippen LogP contribution in [0.3, 0.4) is 0 Å². The number of halogens is 2. The van der Waals surface area contributed by atoms with Crippen molar-refractivity contribution >= 4 is 5.97 Å². The molecule has 0 aliphatic heterocycles. The highest BCUT2D eigenvalue weighted by Gasteiger charge is 2.14. The number of rotatable bonds is 5. The molecule has 0 bridgehead atoms. The molecular weight excluding hydrogens is 292 g/mol. The molecule has 4 nitrogen and oxygen atoms in total. The number of benzene rings is 2. The highest BCUT2D eigenvalue weighted by atomic mass is 19.1. The molecule has 0 radical (unpaired) electrons. The van der Waals surface area contributed by atoms with Crippen molar-refractivity contribution in [3.05, 3.63) is 59.7 Å². The van der Waals surface area contributed by atoms with Gasteiger partial charge < -0.3 is 15.2 Å². The molecule has 6 heteroatoms. The lowest BCUT2D eigenvalue weighted by Crippen LogP contribution is -2.33. The van der Waals surface area contributed by atoms with Gasteiger partial charge in [0.15, 0.2) is 0 Å².